The second-order valence-corrected chi connectivity index (χ2v) is 5.11. The Morgan fingerprint density at radius 2 is 1.89 bits per heavy atom. The van der Waals surface area contributed by atoms with E-state index >= 15 is 0 Å². The summed E-state index contributed by atoms with van der Waals surface area (Å²) in [4.78, 5) is 4.62. The third kappa shape index (κ3) is 3.29. The molecule has 0 fully saturated rings. The molecule has 2 aromatic rings. The van der Waals surface area contributed by atoms with E-state index in [9.17, 15) is 0 Å². The highest BCUT2D eigenvalue weighted by atomic mass is 32.1. The van der Waals surface area contributed by atoms with Crippen LogP contribution in [0.1, 0.15) is 30.9 Å². The van der Waals surface area contributed by atoms with Crippen LogP contribution in [0.2, 0.25) is 0 Å². The maximum Gasteiger partial charge on any atom is 0.140 e. The minimum absolute atomic E-state index is 0.342. The molecule has 0 aliphatic rings. The van der Waals surface area contributed by atoms with Gasteiger partial charge in [-0.05, 0) is 35.7 Å². The van der Waals surface area contributed by atoms with E-state index in [-0.39, 0.29) is 0 Å². The third-order valence-corrected chi connectivity index (χ3v) is 3.13. The summed E-state index contributed by atoms with van der Waals surface area (Å²) < 4.78 is 0. The molecule has 98 valence electrons. The molecule has 4 heteroatoms. The zero-order chi connectivity index (χ0) is 13.8. The Morgan fingerprint density at radius 3 is 2.47 bits per heavy atom. The Labute approximate surface area is 118 Å². The summed E-state index contributed by atoms with van der Waals surface area (Å²) >= 11 is 5.02. The van der Waals surface area contributed by atoms with Gasteiger partial charge in [0.05, 0.1) is 5.56 Å². The molecular weight excluding hydrogens is 254 g/mol. The van der Waals surface area contributed by atoms with Crippen LogP contribution in [-0.2, 0) is 0 Å². The fraction of sp³-hybridized carbons (Fsp3) is 0.200. The molecule has 1 aromatic carbocycles. The van der Waals surface area contributed by atoms with Crippen LogP contribution >= 0.6 is 12.2 Å². The number of pyridine rings is 1. The SMILES string of the molecule is CC(C)c1ccc(Nc2ncccc2C(N)=S)cc1. The number of benzene rings is 1. The van der Waals surface area contributed by atoms with E-state index in [1.54, 1.807) is 6.20 Å². The fourth-order valence-corrected chi connectivity index (χ4v) is 1.96. The molecule has 3 N–H and O–H groups in total. The van der Waals surface area contributed by atoms with Crippen LogP contribution in [0.3, 0.4) is 0 Å². The lowest BCUT2D eigenvalue weighted by atomic mass is 10.0. The second kappa shape index (κ2) is 5.80. The number of nitrogens with zero attached hydrogens (tertiary/aromatic N) is 1. The average molecular weight is 271 g/mol. The highest BCUT2D eigenvalue weighted by Crippen LogP contribution is 2.21. The molecule has 3 nitrogen and oxygen atoms in total. The van der Waals surface area contributed by atoms with Gasteiger partial charge in [-0.25, -0.2) is 4.98 Å². The fourth-order valence-electron chi connectivity index (χ4n) is 1.79. The van der Waals surface area contributed by atoms with Gasteiger partial charge in [0.15, 0.2) is 0 Å². The van der Waals surface area contributed by atoms with E-state index < -0.39 is 0 Å². The molecule has 1 aromatic heterocycles. The summed E-state index contributed by atoms with van der Waals surface area (Å²) in [6, 6.07) is 12.0. The van der Waals surface area contributed by atoms with Crippen molar-refractivity contribution in [2.24, 2.45) is 5.73 Å². The normalized spacial score (nSPS) is 10.5. The van der Waals surface area contributed by atoms with Crippen molar-refractivity contribution in [3.05, 3.63) is 53.7 Å². The standard InChI is InChI=1S/C15H17N3S/c1-10(2)11-5-7-12(8-6-11)18-15-13(14(16)19)4-3-9-17-15/h3-10H,1-2H3,(H2,16,19)(H,17,18). The molecular formula is C15H17N3S. The number of nitrogens with one attached hydrogen (secondary N) is 1. The number of hydrogen-bond donors (Lipinski definition) is 2. The van der Waals surface area contributed by atoms with Gasteiger partial charge in [-0.15, -0.1) is 0 Å². The Kier molecular flexibility index (Phi) is 4.12. The van der Waals surface area contributed by atoms with Crippen molar-refractivity contribution in [1.82, 2.24) is 4.98 Å². The van der Waals surface area contributed by atoms with Crippen molar-refractivity contribution in [3.8, 4) is 0 Å². The summed E-state index contributed by atoms with van der Waals surface area (Å²) in [7, 11) is 0. The van der Waals surface area contributed by atoms with Gasteiger partial charge in [-0.1, -0.05) is 38.2 Å². The van der Waals surface area contributed by atoms with Gasteiger partial charge in [0.25, 0.3) is 0 Å². The summed E-state index contributed by atoms with van der Waals surface area (Å²) in [6.45, 7) is 4.35. The Morgan fingerprint density at radius 1 is 1.21 bits per heavy atom. The minimum Gasteiger partial charge on any atom is -0.389 e. The molecule has 0 bridgehead atoms. The van der Waals surface area contributed by atoms with E-state index in [4.69, 9.17) is 18.0 Å². The molecule has 0 unspecified atom stereocenters. The van der Waals surface area contributed by atoms with Crippen LogP contribution in [0.4, 0.5) is 11.5 Å². The van der Waals surface area contributed by atoms with E-state index in [0.717, 1.165) is 11.3 Å². The molecule has 0 saturated carbocycles. The van der Waals surface area contributed by atoms with Crippen molar-refractivity contribution < 1.29 is 0 Å². The van der Waals surface area contributed by atoms with Crippen molar-refractivity contribution in [3.63, 3.8) is 0 Å². The van der Waals surface area contributed by atoms with Crippen molar-refractivity contribution in [2.45, 2.75) is 19.8 Å². The van der Waals surface area contributed by atoms with Gasteiger partial charge in [0.2, 0.25) is 0 Å². The highest BCUT2D eigenvalue weighted by molar-refractivity contribution is 7.80. The minimum atomic E-state index is 0.342. The zero-order valence-electron chi connectivity index (χ0n) is 11.1. The van der Waals surface area contributed by atoms with Crippen LogP contribution in [0, 0.1) is 0 Å². The summed E-state index contributed by atoms with van der Waals surface area (Å²) in [5, 5.41) is 3.24. The van der Waals surface area contributed by atoms with Crippen LogP contribution in [0.15, 0.2) is 42.6 Å². The van der Waals surface area contributed by atoms with Gasteiger partial charge < -0.3 is 11.1 Å². The van der Waals surface area contributed by atoms with E-state index in [1.807, 2.05) is 24.3 Å². The van der Waals surface area contributed by atoms with E-state index in [1.165, 1.54) is 5.56 Å². The lowest BCUT2D eigenvalue weighted by Gasteiger charge is -2.11. The van der Waals surface area contributed by atoms with Gasteiger partial charge in [0.1, 0.15) is 10.8 Å². The maximum atomic E-state index is 5.68. The molecule has 2 rings (SSSR count). The largest absolute Gasteiger partial charge is 0.389 e. The predicted molar refractivity (Wildman–Crippen MR) is 83.9 cm³/mol. The summed E-state index contributed by atoms with van der Waals surface area (Å²) in [6.07, 6.45) is 1.71. The number of rotatable bonds is 4. The monoisotopic (exact) mass is 271 g/mol. The van der Waals surface area contributed by atoms with Gasteiger partial charge in [0, 0.05) is 11.9 Å². The van der Waals surface area contributed by atoms with Crippen LogP contribution in [0.5, 0.6) is 0 Å². The smallest absolute Gasteiger partial charge is 0.140 e. The number of hydrogen-bond acceptors (Lipinski definition) is 3. The molecule has 0 radical (unpaired) electrons. The van der Waals surface area contributed by atoms with Crippen LogP contribution in [-0.4, -0.2) is 9.97 Å². The van der Waals surface area contributed by atoms with E-state index in [0.29, 0.717) is 16.7 Å². The van der Waals surface area contributed by atoms with Gasteiger partial charge in [-0.3, -0.25) is 0 Å². The lowest BCUT2D eigenvalue weighted by molar-refractivity contribution is 0.867. The first-order valence-corrected chi connectivity index (χ1v) is 6.60. The Hall–Kier alpha value is -1.94. The Balaban J connectivity index is 2.24. The highest BCUT2D eigenvalue weighted by Gasteiger charge is 2.06. The zero-order valence-corrected chi connectivity index (χ0v) is 11.9. The van der Waals surface area contributed by atoms with Gasteiger partial charge >= 0.3 is 0 Å². The summed E-state index contributed by atoms with van der Waals surface area (Å²) in [5.74, 6) is 1.21. The topological polar surface area (TPSA) is 50.9 Å². The first-order valence-electron chi connectivity index (χ1n) is 6.19. The first kappa shape index (κ1) is 13.5. The quantitative estimate of drug-likeness (QED) is 0.834. The maximum absolute atomic E-state index is 5.68. The predicted octanol–water partition coefficient (Wildman–Crippen LogP) is 3.58. The second-order valence-electron chi connectivity index (χ2n) is 4.67. The molecule has 0 spiro atoms. The number of nitrogens with two attached hydrogens (primary N) is 1. The van der Waals surface area contributed by atoms with E-state index in [2.05, 4.69) is 36.3 Å². The van der Waals surface area contributed by atoms with Crippen LogP contribution in [0.25, 0.3) is 0 Å². The Bertz CT molecular complexity index is 576. The molecule has 0 saturated heterocycles. The van der Waals surface area contributed by atoms with Crippen LogP contribution < -0.4 is 11.1 Å². The van der Waals surface area contributed by atoms with Crippen molar-refractivity contribution >= 4 is 28.7 Å². The number of thiocarbonyl (C=S) groups is 1. The third-order valence-electron chi connectivity index (χ3n) is 2.91. The average Bonchev–Trinajstić information content (AvgIpc) is 2.39. The number of aromatic nitrogens is 1. The molecule has 19 heavy (non-hydrogen) atoms. The molecule has 0 aliphatic carbocycles. The first-order chi connectivity index (χ1) is 9.08. The molecule has 0 atom stereocenters. The lowest BCUT2D eigenvalue weighted by Crippen LogP contribution is -2.12. The van der Waals surface area contributed by atoms with Crippen molar-refractivity contribution in [1.29, 1.82) is 0 Å². The van der Waals surface area contributed by atoms with Crippen molar-refractivity contribution in [2.75, 3.05) is 5.32 Å². The van der Waals surface area contributed by atoms with Gasteiger partial charge in [-0.2, -0.15) is 0 Å². The number of anilines is 2. The molecule has 0 aliphatic heterocycles. The molecule has 0 amide bonds. The summed E-state index contributed by atoms with van der Waals surface area (Å²) in [5.41, 5.74) is 8.72. The molecule has 1 heterocycles.